The van der Waals surface area contributed by atoms with Crippen molar-refractivity contribution < 1.29 is 22.0 Å². The molecule has 0 bridgehead atoms. The third-order valence-corrected chi connectivity index (χ3v) is 8.48. The van der Waals surface area contributed by atoms with Gasteiger partial charge in [-0.1, -0.05) is 23.7 Å². The smallest absolute Gasteiger partial charge is 0.243 e. The summed E-state index contributed by atoms with van der Waals surface area (Å²) in [4.78, 5) is 16.9. The normalized spacial score (nSPS) is 19.1. The van der Waals surface area contributed by atoms with Crippen LogP contribution in [0.1, 0.15) is 18.4 Å². The molecule has 178 valence electrons. The van der Waals surface area contributed by atoms with E-state index in [9.17, 15) is 22.0 Å². The van der Waals surface area contributed by atoms with Gasteiger partial charge in [0.15, 0.2) is 11.6 Å². The second kappa shape index (κ2) is 10.0. The van der Waals surface area contributed by atoms with Crippen molar-refractivity contribution in [3.63, 3.8) is 0 Å². The Morgan fingerprint density at radius 1 is 0.909 bits per heavy atom. The Labute approximate surface area is 197 Å². The quantitative estimate of drug-likeness (QED) is 0.635. The van der Waals surface area contributed by atoms with Gasteiger partial charge in [-0.2, -0.15) is 4.31 Å². The summed E-state index contributed by atoms with van der Waals surface area (Å²) in [5.74, 6) is -2.46. The molecule has 2 aromatic rings. The van der Waals surface area contributed by atoms with Crippen molar-refractivity contribution in [2.24, 2.45) is 5.92 Å². The molecule has 0 radical (unpaired) electrons. The molecule has 0 saturated carbocycles. The van der Waals surface area contributed by atoms with Crippen molar-refractivity contribution >= 4 is 27.5 Å². The van der Waals surface area contributed by atoms with E-state index >= 15 is 0 Å². The molecule has 2 saturated heterocycles. The van der Waals surface area contributed by atoms with Gasteiger partial charge in [-0.25, -0.2) is 17.2 Å². The summed E-state index contributed by atoms with van der Waals surface area (Å²) < 4.78 is 53.4. The molecule has 4 rings (SSSR count). The van der Waals surface area contributed by atoms with E-state index in [-0.39, 0.29) is 29.8 Å². The monoisotopic (exact) mass is 497 g/mol. The maximum Gasteiger partial charge on any atom is 0.243 e. The number of hydrogen-bond acceptors (Lipinski definition) is 4. The molecule has 0 atom stereocenters. The first-order valence-corrected chi connectivity index (χ1v) is 12.8. The van der Waals surface area contributed by atoms with E-state index in [1.54, 1.807) is 0 Å². The molecule has 0 aliphatic carbocycles. The average molecular weight is 498 g/mol. The van der Waals surface area contributed by atoms with Gasteiger partial charge in [-0.15, -0.1) is 0 Å². The minimum atomic E-state index is -3.93. The van der Waals surface area contributed by atoms with Gasteiger partial charge in [0.1, 0.15) is 0 Å². The van der Waals surface area contributed by atoms with Crippen LogP contribution in [0.3, 0.4) is 0 Å². The van der Waals surface area contributed by atoms with Crippen LogP contribution in [0.2, 0.25) is 5.02 Å². The van der Waals surface area contributed by atoms with Gasteiger partial charge in [-0.3, -0.25) is 9.69 Å². The standard InChI is InChI=1S/C23H26ClF2N3O3S/c24-19-3-1-17(2-4-19)16-27-11-13-28(14-12-27)23(30)18-7-9-29(10-8-18)33(31,32)20-5-6-21(25)22(26)15-20/h1-6,15,18H,7-14,16H2. The molecule has 2 aromatic carbocycles. The second-order valence-corrected chi connectivity index (χ2v) is 10.9. The number of halogens is 3. The molecule has 0 spiro atoms. The van der Waals surface area contributed by atoms with E-state index in [0.717, 1.165) is 31.8 Å². The first-order chi connectivity index (χ1) is 15.7. The molecule has 10 heteroatoms. The fourth-order valence-corrected chi connectivity index (χ4v) is 5.97. The molecular weight excluding hydrogens is 472 g/mol. The summed E-state index contributed by atoms with van der Waals surface area (Å²) in [5, 5.41) is 0.706. The van der Waals surface area contributed by atoms with Crippen molar-refractivity contribution in [2.75, 3.05) is 39.3 Å². The molecule has 2 aliphatic heterocycles. The zero-order valence-electron chi connectivity index (χ0n) is 18.1. The lowest BCUT2D eigenvalue weighted by Gasteiger charge is -2.38. The van der Waals surface area contributed by atoms with Crippen LogP contribution in [0.15, 0.2) is 47.4 Å². The molecule has 0 N–H and O–H groups in total. The van der Waals surface area contributed by atoms with Crippen molar-refractivity contribution in [3.8, 4) is 0 Å². The highest BCUT2D eigenvalue weighted by Crippen LogP contribution is 2.26. The SMILES string of the molecule is O=C(C1CCN(S(=O)(=O)c2ccc(F)c(F)c2)CC1)N1CCN(Cc2ccc(Cl)cc2)CC1. The van der Waals surface area contributed by atoms with E-state index in [1.165, 1.54) is 9.87 Å². The Bertz CT molecular complexity index is 1100. The van der Waals surface area contributed by atoms with E-state index in [2.05, 4.69) is 4.90 Å². The van der Waals surface area contributed by atoms with Crippen LogP contribution in [0.4, 0.5) is 8.78 Å². The largest absolute Gasteiger partial charge is 0.340 e. The molecule has 33 heavy (non-hydrogen) atoms. The van der Waals surface area contributed by atoms with Crippen LogP contribution < -0.4 is 0 Å². The van der Waals surface area contributed by atoms with Gasteiger partial charge >= 0.3 is 0 Å². The number of piperidine rings is 1. The van der Waals surface area contributed by atoms with E-state index < -0.39 is 21.7 Å². The van der Waals surface area contributed by atoms with Gasteiger partial charge in [0.2, 0.25) is 15.9 Å². The van der Waals surface area contributed by atoms with Crippen LogP contribution in [0.25, 0.3) is 0 Å². The number of amides is 1. The molecule has 2 fully saturated rings. The summed E-state index contributed by atoms with van der Waals surface area (Å²) >= 11 is 5.94. The fourth-order valence-electron chi connectivity index (χ4n) is 4.36. The molecule has 1 amide bonds. The molecular formula is C23H26ClF2N3O3S. The van der Waals surface area contributed by atoms with Gasteiger partial charge in [0.05, 0.1) is 4.90 Å². The molecule has 2 aliphatic rings. The van der Waals surface area contributed by atoms with Crippen LogP contribution in [-0.4, -0.2) is 67.7 Å². The molecule has 0 aromatic heterocycles. The molecule has 2 heterocycles. The summed E-state index contributed by atoms with van der Waals surface area (Å²) in [7, 11) is -3.93. The molecule has 0 unspecified atom stereocenters. The van der Waals surface area contributed by atoms with Crippen molar-refractivity contribution in [1.29, 1.82) is 0 Å². The van der Waals surface area contributed by atoms with Gasteiger partial charge in [0, 0.05) is 56.8 Å². The zero-order chi connectivity index (χ0) is 23.6. The highest BCUT2D eigenvalue weighted by molar-refractivity contribution is 7.89. The fraction of sp³-hybridized carbons (Fsp3) is 0.435. The maximum atomic E-state index is 13.5. The molecule has 6 nitrogen and oxygen atoms in total. The van der Waals surface area contributed by atoms with Crippen molar-refractivity contribution in [3.05, 3.63) is 64.7 Å². The topological polar surface area (TPSA) is 60.9 Å². The number of nitrogens with zero attached hydrogens (tertiary/aromatic N) is 3. The minimum Gasteiger partial charge on any atom is -0.340 e. The number of hydrogen-bond donors (Lipinski definition) is 0. The summed E-state index contributed by atoms with van der Waals surface area (Å²) in [6, 6.07) is 10.3. The van der Waals surface area contributed by atoms with Crippen LogP contribution in [-0.2, 0) is 21.4 Å². The van der Waals surface area contributed by atoms with E-state index in [1.807, 2.05) is 29.2 Å². The summed E-state index contributed by atoms with van der Waals surface area (Å²) in [6.45, 7) is 3.98. The lowest BCUT2D eigenvalue weighted by molar-refractivity contribution is -0.138. The van der Waals surface area contributed by atoms with Crippen molar-refractivity contribution in [1.82, 2.24) is 14.1 Å². The van der Waals surface area contributed by atoms with Crippen molar-refractivity contribution in [2.45, 2.75) is 24.3 Å². The van der Waals surface area contributed by atoms with Crippen LogP contribution in [0.5, 0.6) is 0 Å². The summed E-state index contributed by atoms with van der Waals surface area (Å²) in [5.41, 5.74) is 1.17. The maximum absolute atomic E-state index is 13.5. The lowest BCUT2D eigenvalue weighted by atomic mass is 9.96. The van der Waals surface area contributed by atoms with Gasteiger partial charge < -0.3 is 4.90 Å². The number of benzene rings is 2. The van der Waals surface area contributed by atoms with Gasteiger partial charge in [0.25, 0.3) is 0 Å². The highest BCUT2D eigenvalue weighted by Gasteiger charge is 2.35. The van der Waals surface area contributed by atoms with Gasteiger partial charge in [-0.05, 0) is 48.7 Å². The van der Waals surface area contributed by atoms with E-state index in [4.69, 9.17) is 11.6 Å². The zero-order valence-corrected chi connectivity index (χ0v) is 19.7. The number of rotatable bonds is 5. The number of piperazine rings is 1. The Hall–Kier alpha value is -2.07. The Morgan fingerprint density at radius 3 is 2.15 bits per heavy atom. The van der Waals surface area contributed by atoms with Crippen LogP contribution in [0, 0.1) is 17.6 Å². The van der Waals surface area contributed by atoms with E-state index in [0.29, 0.717) is 37.0 Å². The Kier molecular flexibility index (Phi) is 7.33. The predicted octanol–water partition coefficient (Wildman–Crippen LogP) is 3.36. The third-order valence-electron chi connectivity index (χ3n) is 6.34. The number of carbonyl (C=O) groups is 1. The third kappa shape index (κ3) is 5.54. The average Bonchev–Trinajstić information content (AvgIpc) is 2.82. The lowest BCUT2D eigenvalue weighted by Crippen LogP contribution is -2.51. The minimum absolute atomic E-state index is 0.0611. The Balaban J connectivity index is 1.28. The first-order valence-electron chi connectivity index (χ1n) is 10.9. The number of sulfonamides is 1. The van der Waals surface area contributed by atoms with Crippen LogP contribution >= 0.6 is 11.6 Å². The second-order valence-electron chi connectivity index (χ2n) is 8.48. The number of carbonyl (C=O) groups excluding carboxylic acids is 1. The highest BCUT2D eigenvalue weighted by atomic mass is 35.5. The Morgan fingerprint density at radius 2 is 1.55 bits per heavy atom. The first kappa shape index (κ1) is 24.1. The summed E-state index contributed by atoms with van der Waals surface area (Å²) in [6.07, 6.45) is 0.819. The predicted molar refractivity (Wildman–Crippen MR) is 121 cm³/mol.